The first-order valence-electron chi connectivity index (χ1n) is 6.12. The average Bonchev–Trinajstić information content (AvgIpc) is 2.38. The van der Waals surface area contributed by atoms with E-state index in [1.807, 2.05) is 42.5 Å². The van der Waals surface area contributed by atoms with Crippen molar-refractivity contribution in [3.63, 3.8) is 0 Å². The summed E-state index contributed by atoms with van der Waals surface area (Å²) in [4.78, 5) is 0. The van der Waals surface area contributed by atoms with Crippen LogP contribution in [0.2, 0.25) is 0 Å². The third-order valence-electron chi connectivity index (χ3n) is 3.08. The lowest BCUT2D eigenvalue weighted by Gasteiger charge is -2.18. The molecular formula is C16H17BrO. The summed E-state index contributed by atoms with van der Waals surface area (Å²) in [6.45, 7) is 4.29. The Morgan fingerprint density at radius 3 is 2.22 bits per heavy atom. The van der Waals surface area contributed by atoms with Gasteiger partial charge in [-0.2, -0.15) is 0 Å². The van der Waals surface area contributed by atoms with Gasteiger partial charge in [-0.25, -0.2) is 0 Å². The summed E-state index contributed by atoms with van der Waals surface area (Å²) < 4.78 is 0.987. The Balaban J connectivity index is 2.43. The maximum atomic E-state index is 10.5. The minimum absolute atomic E-state index is 0.406. The van der Waals surface area contributed by atoms with E-state index >= 15 is 0 Å². The van der Waals surface area contributed by atoms with Gasteiger partial charge in [0, 0.05) is 4.47 Å². The lowest BCUT2D eigenvalue weighted by molar-refractivity contribution is 0.218. The zero-order valence-electron chi connectivity index (χ0n) is 10.6. The van der Waals surface area contributed by atoms with Crippen LogP contribution in [0.25, 0.3) is 0 Å². The SMILES string of the molecule is CC(C)c1ccccc1C(O)c1cccc(Br)c1. The molecule has 2 rings (SSSR count). The molecule has 0 heterocycles. The van der Waals surface area contributed by atoms with Crippen LogP contribution >= 0.6 is 15.9 Å². The molecule has 1 N–H and O–H groups in total. The summed E-state index contributed by atoms with van der Waals surface area (Å²) in [5.41, 5.74) is 3.10. The quantitative estimate of drug-likeness (QED) is 0.875. The van der Waals surface area contributed by atoms with Crippen molar-refractivity contribution >= 4 is 15.9 Å². The van der Waals surface area contributed by atoms with Crippen molar-refractivity contribution in [2.45, 2.75) is 25.9 Å². The maximum absolute atomic E-state index is 10.5. The molecule has 2 aromatic rings. The third kappa shape index (κ3) is 2.82. The number of hydrogen-bond acceptors (Lipinski definition) is 1. The minimum atomic E-state index is -0.568. The molecule has 1 atom stereocenters. The van der Waals surface area contributed by atoms with Crippen LogP contribution in [0.4, 0.5) is 0 Å². The Morgan fingerprint density at radius 1 is 0.944 bits per heavy atom. The van der Waals surface area contributed by atoms with E-state index < -0.39 is 6.10 Å². The third-order valence-corrected chi connectivity index (χ3v) is 3.57. The van der Waals surface area contributed by atoms with Gasteiger partial charge in [-0.15, -0.1) is 0 Å². The summed E-state index contributed by atoms with van der Waals surface area (Å²) in [7, 11) is 0. The van der Waals surface area contributed by atoms with Crippen molar-refractivity contribution in [2.75, 3.05) is 0 Å². The van der Waals surface area contributed by atoms with Crippen molar-refractivity contribution < 1.29 is 5.11 Å². The second kappa shape index (κ2) is 5.68. The topological polar surface area (TPSA) is 20.2 Å². The van der Waals surface area contributed by atoms with Gasteiger partial charge in [-0.3, -0.25) is 0 Å². The molecule has 0 aliphatic rings. The van der Waals surface area contributed by atoms with E-state index in [0.29, 0.717) is 5.92 Å². The van der Waals surface area contributed by atoms with E-state index in [9.17, 15) is 5.11 Å². The summed E-state index contributed by atoms with van der Waals surface area (Å²) in [6, 6.07) is 15.9. The van der Waals surface area contributed by atoms with Crippen LogP contribution in [0.5, 0.6) is 0 Å². The average molecular weight is 305 g/mol. The van der Waals surface area contributed by atoms with E-state index in [2.05, 4.69) is 35.8 Å². The Morgan fingerprint density at radius 2 is 1.61 bits per heavy atom. The first-order chi connectivity index (χ1) is 8.59. The van der Waals surface area contributed by atoms with Crippen LogP contribution in [0, 0.1) is 0 Å². The van der Waals surface area contributed by atoms with Crippen molar-refractivity contribution in [1.29, 1.82) is 0 Å². The van der Waals surface area contributed by atoms with Gasteiger partial charge >= 0.3 is 0 Å². The minimum Gasteiger partial charge on any atom is -0.384 e. The molecule has 0 aromatic heterocycles. The van der Waals surface area contributed by atoms with Crippen LogP contribution < -0.4 is 0 Å². The number of halogens is 1. The van der Waals surface area contributed by atoms with Crippen molar-refractivity contribution in [3.8, 4) is 0 Å². The highest BCUT2D eigenvalue weighted by atomic mass is 79.9. The molecule has 2 aromatic carbocycles. The number of rotatable bonds is 3. The second-order valence-electron chi connectivity index (χ2n) is 4.74. The molecular weight excluding hydrogens is 288 g/mol. The standard InChI is InChI=1S/C16H17BrO/c1-11(2)14-8-3-4-9-15(14)16(18)12-6-5-7-13(17)10-12/h3-11,16,18H,1-2H3. The smallest absolute Gasteiger partial charge is 0.104 e. The number of aliphatic hydroxyl groups excluding tert-OH is 1. The lowest BCUT2D eigenvalue weighted by atomic mass is 9.91. The largest absolute Gasteiger partial charge is 0.384 e. The molecule has 0 saturated carbocycles. The van der Waals surface area contributed by atoms with E-state index in [1.54, 1.807) is 0 Å². The normalized spacial score (nSPS) is 12.7. The van der Waals surface area contributed by atoms with Gasteiger partial charge in [-0.05, 0) is 34.7 Å². The molecule has 0 bridgehead atoms. The maximum Gasteiger partial charge on any atom is 0.104 e. The Hall–Kier alpha value is -1.12. The zero-order chi connectivity index (χ0) is 13.1. The molecule has 0 radical (unpaired) electrons. The predicted octanol–water partition coefficient (Wildman–Crippen LogP) is 4.65. The Bertz CT molecular complexity index is 534. The van der Waals surface area contributed by atoms with Gasteiger partial charge in [0.1, 0.15) is 6.10 Å². The molecule has 2 heteroatoms. The van der Waals surface area contributed by atoms with E-state index in [4.69, 9.17) is 0 Å². The van der Waals surface area contributed by atoms with Gasteiger partial charge in [0.15, 0.2) is 0 Å². The summed E-state index contributed by atoms with van der Waals surface area (Å²) >= 11 is 3.44. The zero-order valence-corrected chi connectivity index (χ0v) is 12.2. The molecule has 18 heavy (non-hydrogen) atoms. The molecule has 0 spiro atoms. The predicted molar refractivity (Wildman–Crippen MR) is 78.7 cm³/mol. The molecule has 1 nitrogen and oxygen atoms in total. The van der Waals surface area contributed by atoms with Crippen molar-refractivity contribution in [2.24, 2.45) is 0 Å². The second-order valence-corrected chi connectivity index (χ2v) is 5.66. The molecule has 0 saturated heterocycles. The van der Waals surface area contributed by atoms with Crippen LogP contribution in [0.15, 0.2) is 53.0 Å². The highest BCUT2D eigenvalue weighted by Gasteiger charge is 2.15. The van der Waals surface area contributed by atoms with Crippen molar-refractivity contribution in [1.82, 2.24) is 0 Å². The van der Waals surface area contributed by atoms with E-state index in [1.165, 1.54) is 5.56 Å². The number of benzene rings is 2. The molecule has 0 aliphatic heterocycles. The van der Waals surface area contributed by atoms with Gasteiger partial charge in [-0.1, -0.05) is 66.2 Å². The van der Waals surface area contributed by atoms with Gasteiger partial charge in [0.05, 0.1) is 0 Å². The molecule has 0 amide bonds. The van der Waals surface area contributed by atoms with E-state index in [0.717, 1.165) is 15.6 Å². The van der Waals surface area contributed by atoms with Crippen LogP contribution in [0.3, 0.4) is 0 Å². The Labute approximate surface area is 117 Å². The molecule has 94 valence electrons. The monoisotopic (exact) mass is 304 g/mol. The van der Waals surface area contributed by atoms with Gasteiger partial charge in [0.2, 0.25) is 0 Å². The van der Waals surface area contributed by atoms with Gasteiger partial charge in [0.25, 0.3) is 0 Å². The fourth-order valence-corrected chi connectivity index (χ4v) is 2.56. The molecule has 1 unspecified atom stereocenters. The van der Waals surface area contributed by atoms with Crippen LogP contribution in [0.1, 0.15) is 42.6 Å². The lowest BCUT2D eigenvalue weighted by Crippen LogP contribution is -2.04. The highest BCUT2D eigenvalue weighted by Crippen LogP contribution is 2.30. The summed E-state index contributed by atoms with van der Waals surface area (Å²) in [5.74, 6) is 0.406. The van der Waals surface area contributed by atoms with Crippen LogP contribution in [-0.4, -0.2) is 5.11 Å². The number of hydrogen-bond donors (Lipinski definition) is 1. The molecule has 0 fully saturated rings. The highest BCUT2D eigenvalue weighted by molar-refractivity contribution is 9.10. The fraction of sp³-hybridized carbons (Fsp3) is 0.250. The number of aliphatic hydroxyl groups is 1. The van der Waals surface area contributed by atoms with Gasteiger partial charge < -0.3 is 5.11 Å². The van der Waals surface area contributed by atoms with Crippen molar-refractivity contribution in [3.05, 3.63) is 69.7 Å². The van der Waals surface area contributed by atoms with Crippen LogP contribution in [-0.2, 0) is 0 Å². The first kappa shape index (κ1) is 13.3. The molecule has 0 aliphatic carbocycles. The van der Waals surface area contributed by atoms with E-state index in [-0.39, 0.29) is 0 Å². The Kier molecular flexibility index (Phi) is 4.20. The first-order valence-corrected chi connectivity index (χ1v) is 6.91. The summed E-state index contributed by atoms with van der Waals surface area (Å²) in [6.07, 6.45) is -0.568. The summed E-state index contributed by atoms with van der Waals surface area (Å²) in [5, 5.41) is 10.5. The fourth-order valence-electron chi connectivity index (χ4n) is 2.14.